The number of rotatable bonds is 3. The van der Waals surface area contributed by atoms with E-state index in [1.807, 2.05) is 0 Å². The number of aromatic nitrogens is 4. The average Bonchev–Trinajstić information content (AvgIpc) is 2.38. The highest BCUT2D eigenvalue weighted by Gasteiger charge is 2.08. The summed E-state index contributed by atoms with van der Waals surface area (Å²) in [6, 6.07) is 3.39. The van der Waals surface area contributed by atoms with E-state index >= 15 is 0 Å². The van der Waals surface area contributed by atoms with E-state index in [4.69, 9.17) is 10.9 Å². The Morgan fingerprint density at radius 1 is 1.44 bits per heavy atom. The lowest BCUT2D eigenvalue weighted by Gasteiger charge is -2.03. The Morgan fingerprint density at radius 2 is 2.28 bits per heavy atom. The van der Waals surface area contributed by atoms with Crippen LogP contribution in [0, 0.1) is 6.92 Å². The molecule has 0 amide bonds. The smallest absolute Gasteiger partial charge is 0.194 e. The Morgan fingerprint density at radius 3 is 2.94 bits per heavy atom. The Hall–Kier alpha value is -2.22. The van der Waals surface area contributed by atoms with Gasteiger partial charge in [0.2, 0.25) is 0 Å². The molecule has 3 N–H and O–H groups in total. The van der Waals surface area contributed by atoms with Gasteiger partial charge in [0, 0.05) is 11.9 Å². The third-order valence-electron chi connectivity index (χ3n) is 1.95. The number of aryl methyl sites for hydroxylation is 1. The lowest BCUT2D eigenvalue weighted by Crippen LogP contribution is -2.16. The van der Waals surface area contributed by atoms with Gasteiger partial charge in [0.05, 0.1) is 0 Å². The molecule has 0 saturated heterocycles. The molecule has 0 bridgehead atoms. The summed E-state index contributed by atoms with van der Waals surface area (Å²) in [7, 11) is 0. The molecule has 2 heterocycles. The van der Waals surface area contributed by atoms with Crippen LogP contribution in [0.25, 0.3) is 0 Å². The van der Waals surface area contributed by atoms with Gasteiger partial charge < -0.3 is 10.9 Å². The predicted octanol–water partition coefficient (Wildman–Crippen LogP) is 0.821. The molecule has 7 nitrogen and oxygen atoms in total. The van der Waals surface area contributed by atoms with Crippen LogP contribution in [-0.2, 0) is 0 Å². The topological polar surface area (TPSA) is 110 Å². The highest BCUT2D eigenvalue weighted by Crippen LogP contribution is 2.22. The minimum absolute atomic E-state index is 0.0509. The van der Waals surface area contributed by atoms with Crippen LogP contribution >= 0.6 is 11.8 Å². The van der Waals surface area contributed by atoms with E-state index in [9.17, 15) is 0 Å². The van der Waals surface area contributed by atoms with Crippen molar-refractivity contribution in [3.05, 3.63) is 36.0 Å². The number of oxime groups is 1. The molecule has 8 heteroatoms. The Kier molecular flexibility index (Phi) is 3.68. The molecule has 2 aromatic heterocycles. The molecule has 92 valence electrons. The summed E-state index contributed by atoms with van der Waals surface area (Å²) >= 11 is 1.28. The van der Waals surface area contributed by atoms with E-state index in [0.717, 1.165) is 10.7 Å². The fourth-order valence-corrected chi connectivity index (χ4v) is 1.95. The molecule has 0 aliphatic rings. The molecule has 2 rings (SSSR count). The van der Waals surface area contributed by atoms with Crippen LogP contribution in [0.5, 0.6) is 0 Å². The van der Waals surface area contributed by atoms with Crippen molar-refractivity contribution in [2.24, 2.45) is 10.9 Å². The second-order valence-electron chi connectivity index (χ2n) is 3.31. The Labute approximate surface area is 107 Å². The second-order valence-corrected chi connectivity index (χ2v) is 4.30. The van der Waals surface area contributed by atoms with Gasteiger partial charge in [-0.25, -0.2) is 19.9 Å². The highest BCUT2D eigenvalue weighted by molar-refractivity contribution is 7.99. The number of hydrogen-bond donors (Lipinski definition) is 2. The summed E-state index contributed by atoms with van der Waals surface area (Å²) < 4.78 is 0. The maximum atomic E-state index is 8.63. The van der Waals surface area contributed by atoms with Gasteiger partial charge in [-0.05, 0) is 30.8 Å². The van der Waals surface area contributed by atoms with Crippen LogP contribution in [0.1, 0.15) is 11.4 Å². The van der Waals surface area contributed by atoms with Gasteiger partial charge in [-0.2, -0.15) is 0 Å². The lowest BCUT2D eigenvalue weighted by atomic mass is 10.3. The standard InChI is InChI=1S/C10H10N6OS/c1-6-4-7(9(11)16-17)15-10(14-6)18-8-2-3-12-5-13-8/h2-5,17H,1H3,(H2,11,16). The van der Waals surface area contributed by atoms with Gasteiger partial charge in [-0.3, -0.25) is 0 Å². The van der Waals surface area contributed by atoms with Crippen molar-refractivity contribution in [2.45, 2.75) is 17.1 Å². The fourth-order valence-electron chi connectivity index (χ4n) is 1.20. The quantitative estimate of drug-likeness (QED) is 0.210. The lowest BCUT2D eigenvalue weighted by molar-refractivity contribution is 0.318. The van der Waals surface area contributed by atoms with Gasteiger partial charge in [0.25, 0.3) is 0 Å². The summed E-state index contributed by atoms with van der Waals surface area (Å²) in [6.07, 6.45) is 3.08. The maximum absolute atomic E-state index is 8.63. The third kappa shape index (κ3) is 2.92. The van der Waals surface area contributed by atoms with Crippen LogP contribution < -0.4 is 5.73 Å². The molecule has 0 atom stereocenters. The number of nitrogens with zero attached hydrogens (tertiary/aromatic N) is 5. The second kappa shape index (κ2) is 5.41. The van der Waals surface area contributed by atoms with Crippen molar-refractivity contribution in [1.29, 1.82) is 0 Å². The van der Waals surface area contributed by atoms with Crippen LogP contribution in [-0.4, -0.2) is 31.0 Å². The minimum Gasteiger partial charge on any atom is -0.409 e. The molecule has 0 saturated carbocycles. The van der Waals surface area contributed by atoms with Gasteiger partial charge in [0.1, 0.15) is 17.0 Å². The predicted molar refractivity (Wildman–Crippen MR) is 65.4 cm³/mol. The summed E-state index contributed by atoms with van der Waals surface area (Å²) in [5.74, 6) is -0.0509. The van der Waals surface area contributed by atoms with E-state index in [-0.39, 0.29) is 5.84 Å². The number of hydrogen-bond acceptors (Lipinski definition) is 7. The van der Waals surface area contributed by atoms with E-state index in [1.165, 1.54) is 18.1 Å². The largest absolute Gasteiger partial charge is 0.409 e. The minimum atomic E-state index is -0.0509. The average molecular weight is 262 g/mol. The molecule has 0 aromatic carbocycles. The van der Waals surface area contributed by atoms with Crippen LogP contribution in [0.15, 0.2) is 40.0 Å². The molecule has 2 aromatic rings. The van der Waals surface area contributed by atoms with Gasteiger partial charge in [-0.1, -0.05) is 5.16 Å². The SMILES string of the molecule is Cc1cc(/C(N)=N/O)nc(Sc2ccncn2)n1. The molecule has 0 fully saturated rings. The number of nitrogens with two attached hydrogens (primary N) is 1. The normalized spacial score (nSPS) is 11.5. The fraction of sp³-hybridized carbons (Fsp3) is 0.100. The van der Waals surface area contributed by atoms with E-state index in [1.54, 1.807) is 25.3 Å². The van der Waals surface area contributed by atoms with Gasteiger partial charge in [0.15, 0.2) is 11.0 Å². The van der Waals surface area contributed by atoms with Gasteiger partial charge >= 0.3 is 0 Å². The third-order valence-corrected chi connectivity index (χ3v) is 2.77. The van der Waals surface area contributed by atoms with E-state index in [0.29, 0.717) is 10.9 Å². The zero-order valence-electron chi connectivity index (χ0n) is 9.48. The zero-order chi connectivity index (χ0) is 13.0. The molecule has 18 heavy (non-hydrogen) atoms. The van der Waals surface area contributed by atoms with Crippen LogP contribution in [0.3, 0.4) is 0 Å². The first-order chi connectivity index (χ1) is 8.69. The summed E-state index contributed by atoms with van der Waals surface area (Å²) in [4.78, 5) is 16.3. The summed E-state index contributed by atoms with van der Waals surface area (Å²) in [6.45, 7) is 1.81. The molecule has 0 radical (unpaired) electrons. The van der Waals surface area contributed by atoms with Crippen LogP contribution in [0.2, 0.25) is 0 Å². The van der Waals surface area contributed by atoms with E-state index < -0.39 is 0 Å². The molecule has 0 aliphatic carbocycles. The van der Waals surface area contributed by atoms with Crippen molar-refractivity contribution < 1.29 is 5.21 Å². The molecular weight excluding hydrogens is 252 g/mol. The van der Waals surface area contributed by atoms with Gasteiger partial charge in [-0.15, -0.1) is 0 Å². The van der Waals surface area contributed by atoms with Crippen molar-refractivity contribution in [3.8, 4) is 0 Å². The van der Waals surface area contributed by atoms with Crippen molar-refractivity contribution in [1.82, 2.24) is 19.9 Å². The first-order valence-electron chi connectivity index (χ1n) is 4.96. The molecular formula is C10H10N6OS. The van der Waals surface area contributed by atoms with Crippen molar-refractivity contribution >= 4 is 17.6 Å². The Bertz CT molecular complexity index is 574. The van der Waals surface area contributed by atoms with Crippen LogP contribution in [0.4, 0.5) is 0 Å². The van der Waals surface area contributed by atoms with Crippen molar-refractivity contribution in [3.63, 3.8) is 0 Å². The molecule has 0 spiro atoms. The monoisotopic (exact) mass is 262 g/mol. The van der Waals surface area contributed by atoms with Crippen molar-refractivity contribution in [2.75, 3.05) is 0 Å². The highest BCUT2D eigenvalue weighted by atomic mass is 32.2. The summed E-state index contributed by atoms with van der Waals surface area (Å²) in [5, 5.41) is 12.8. The number of amidine groups is 1. The maximum Gasteiger partial charge on any atom is 0.194 e. The summed E-state index contributed by atoms with van der Waals surface area (Å²) in [5.41, 5.74) is 6.60. The Balaban J connectivity index is 2.31. The first kappa shape index (κ1) is 12.2. The van der Waals surface area contributed by atoms with E-state index in [2.05, 4.69) is 25.1 Å². The zero-order valence-corrected chi connectivity index (χ0v) is 10.3. The molecule has 0 aliphatic heterocycles. The first-order valence-corrected chi connectivity index (χ1v) is 5.78. The molecule has 0 unspecified atom stereocenters.